The van der Waals surface area contributed by atoms with Gasteiger partial charge in [0.2, 0.25) is 0 Å². The van der Waals surface area contributed by atoms with Gasteiger partial charge in [-0.15, -0.1) is 0 Å². The summed E-state index contributed by atoms with van der Waals surface area (Å²) >= 11 is 9.13. The summed E-state index contributed by atoms with van der Waals surface area (Å²) in [5, 5.41) is 0.131. The number of hydrogen-bond donors (Lipinski definition) is 1. The van der Waals surface area contributed by atoms with Crippen molar-refractivity contribution in [3.8, 4) is 0 Å². The van der Waals surface area contributed by atoms with Crippen LogP contribution in [0, 0.1) is 11.7 Å². The fourth-order valence-electron chi connectivity index (χ4n) is 2.46. The van der Waals surface area contributed by atoms with E-state index < -0.39 is 5.54 Å². The lowest BCUT2D eigenvalue weighted by molar-refractivity contribution is 0.242. The lowest BCUT2D eigenvalue weighted by Gasteiger charge is -2.37. The number of benzene rings is 1. The molecule has 0 bridgehead atoms. The zero-order valence-electron chi connectivity index (χ0n) is 9.77. The number of nitrogens with two attached hydrogens (primary N) is 1. The van der Waals surface area contributed by atoms with Gasteiger partial charge in [0, 0.05) is 15.6 Å². The Morgan fingerprint density at radius 1 is 1.41 bits per heavy atom. The highest BCUT2D eigenvalue weighted by molar-refractivity contribution is 9.10. The van der Waals surface area contributed by atoms with Gasteiger partial charge < -0.3 is 5.73 Å². The van der Waals surface area contributed by atoms with Crippen LogP contribution in [0.2, 0.25) is 5.02 Å². The van der Waals surface area contributed by atoms with E-state index in [2.05, 4.69) is 22.9 Å². The van der Waals surface area contributed by atoms with Gasteiger partial charge in [-0.05, 0) is 53.6 Å². The van der Waals surface area contributed by atoms with Crippen LogP contribution in [-0.4, -0.2) is 0 Å². The maximum absolute atomic E-state index is 14.1. The summed E-state index contributed by atoms with van der Waals surface area (Å²) in [7, 11) is 0. The van der Waals surface area contributed by atoms with Gasteiger partial charge in [-0.2, -0.15) is 0 Å². The first-order valence-electron chi connectivity index (χ1n) is 5.87. The third kappa shape index (κ3) is 2.51. The van der Waals surface area contributed by atoms with Gasteiger partial charge in [0.1, 0.15) is 5.82 Å². The Hall–Kier alpha value is -0.120. The van der Waals surface area contributed by atoms with Crippen LogP contribution < -0.4 is 5.73 Å². The average molecular weight is 321 g/mol. The van der Waals surface area contributed by atoms with Crippen molar-refractivity contribution >= 4 is 27.5 Å². The molecule has 0 aromatic heterocycles. The van der Waals surface area contributed by atoms with Crippen molar-refractivity contribution in [2.45, 2.75) is 38.1 Å². The Kier molecular flexibility index (Phi) is 3.81. The number of hydrogen-bond acceptors (Lipinski definition) is 1. The van der Waals surface area contributed by atoms with Gasteiger partial charge in [0.05, 0.1) is 5.02 Å². The van der Waals surface area contributed by atoms with Crippen molar-refractivity contribution in [2.75, 3.05) is 0 Å². The lowest BCUT2D eigenvalue weighted by atomic mass is 9.74. The molecule has 1 aromatic rings. The van der Waals surface area contributed by atoms with E-state index in [1.54, 1.807) is 12.1 Å². The van der Waals surface area contributed by atoms with Gasteiger partial charge in [0.15, 0.2) is 0 Å². The van der Waals surface area contributed by atoms with Gasteiger partial charge in [0.25, 0.3) is 0 Å². The first kappa shape index (κ1) is 13.3. The van der Waals surface area contributed by atoms with Gasteiger partial charge in [-0.1, -0.05) is 24.6 Å². The van der Waals surface area contributed by atoms with Gasteiger partial charge in [-0.3, -0.25) is 0 Å². The van der Waals surface area contributed by atoms with Crippen LogP contribution in [0.15, 0.2) is 16.6 Å². The van der Waals surface area contributed by atoms with E-state index in [0.717, 1.165) is 25.7 Å². The van der Waals surface area contributed by atoms with Crippen LogP contribution in [0.25, 0.3) is 0 Å². The molecule has 0 unspecified atom stereocenters. The van der Waals surface area contributed by atoms with Gasteiger partial charge >= 0.3 is 0 Å². The first-order valence-corrected chi connectivity index (χ1v) is 7.04. The summed E-state index contributed by atoms with van der Waals surface area (Å²) in [4.78, 5) is 0. The fourth-order valence-corrected chi connectivity index (χ4v) is 2.93. The van der Waals surface area contributed by atoms with E-state index >= 15 is 0 Å². The van der Waals surface area contributed by atoms with Crippen LogP contribution in [0.1, 0.15) is 38.2 Å². The molecule has 2 N–H and O–H groups in total. The van der Waals surface area contributed by atoms with Crippen molar-refractivity contribution in [3.63, 3.8) is 0 Å². The van der Waals surface area contributed by atoms with E-state index in [-0.39, 0.29) is 10.8 Å². The molecule has 2 rings (SSSR count). The van der Waals surface area contributed by atoms with Crippen LogP contribution in [0.5, 0.6) is 0 Å². The topological polar surface area (TPSA) is 26.0 Å². The second-order valence-electron chi connectivity index (χ2n) is 5.06. The zero-order valence-corrected chi connectivity index (χ0v) is 12.1. The Labute approximate surface area is 115 Å². The Morgan fingerprint density at radius 3 is 2.59 bits per heavy atom. The van der Waals surface area contributed by atoms with Crippen molar-refractivity contribution in [1.29, 1.82) is 0 Å². The SMILES string of the molecule is CC1CCC(N)(c2ccc(Br)c(Cl)c2F)CC1. The fraction of sp³-hybridized carbons (Fsp3) is 0.538. The molecule has 1 aliphatic carbocycles. The van der Waals surface area contributed by atoms with E-state index in [1.807, 2.05) is 0 Å². The molecule has 0 aliphatic heterocycles. The molecule has 0 spiro atoms. The second kappa shape index (κ2) is 4.87. The molecule has 94 valence electrons. The van der Waals surface area contributed by atoms with E-state index in [0.29, 0.717) is 16.0 Å². The zero-order chi connectivity index (χ0) is 12.6. The van der Waals surface area contributed by atoms with Crippen LogP contribution in [-0.2, 0) is 5.54 Å². The Balaban J connectivity index is 2.37. The van der Waals surface area contributed by atoms with Crippen molar-refractivity contribution in [3.05, 3.63) is 33.0 Å². The van der Waals surface area contributed by atoms with Crippen molar-refractivity contribution < 1.29 is 4.39 Å². The standard InChI is InChI=1S/C13H16BrClFN/c1-8-4-6-13(17,7-5-8)9-2-3-10(14)11(15)12(9)16/h2-3,8H,4-7,17H2,1H3. The molecule has 0 heterocycles. The highest BCUT2D eigenvalue weighted by Crippen LogP contribution is 2.40. The maximum Gasteiger partial charge on any atom is 0.147 e. The van der Waals surface area contributed by atoms with Gasteiger partial charge in [-0.25, -0.2) is 4.39 Å². The van der Waals surface area contributed by atoms with E-state index in [1.165, 1.54) is 0 Å². The minimum atomic E-state index is -0.555. The van der Waals surface area contributed by atoms with E-state index in [9.17, 15) is 4.39 Å². The molecule has 1 fully saturated rings. The van der Waals surface area contributed by atoms with E-state index in [4.69, 9.17) is 17.3 Å². The van der Waals surface area contributed by atoms with Crippen LogP contribution in [0.3, 0.4) is 0 Å². The summed E-state index contributed by atoms with van der Waals surface area (Å²) < 4.78 is 14.7. The molecule has 1 aliphatic rings. The average Bonchev–Trinajstić information content (AvgIpc) is 2.30. The molecule has 0 radical (unpaired) electrons. The lowest BCUT2D eigenvalue weighted by Crippen LogP contribution is -2.41. The smallest absolute Gasteiger partial charge is 0.147 e. The highest BCUT2D eigenvalue weighted by Gasteiger charge is 2.34. The van der Waals surface area contributed by atoms with Crippen LogP contribution in [0.4, 0.5) is 4.39 Å². The third-order valence-corrected chi connectivity index (χ3v) is 5.00. The number of rotatable bonds is 1. The Morgan fingerprint density at radius 2 is 2.00 bits per heavy atom. The molecule has 17 heavy (non-hydrogen) atoms. The van der Waals surface area contributed by atoms with Crippen LogP contribution >= 0.6 is 27.5 Å². The molecule has 4 heteroatoms. The summed E-state index contributed by atoms with van der Waals surface area (Å²) in [6.45, 7) is 2.21. The first-order chi connectivity index (χ1) is 7.94. The summed E-state index contributed by atoms with van der Waals surface area (Å²) in [6, 6.07) is 3.52. The monoisotopic (exact) mass is 319 g/mol. The van der Waals surface area contributed by atoms with Crippen molar-refractivity contribution in [2.24, 2.45) is 11.7 Å². The minimum Gasteiger partial charge on any atom is -0.321 e. The molecule has 1 saturated carbocycles. The Bertz CT molecular complexity index is 428. The largest absolute Gasteiger partial charge is 0.321 e. The molecule has 0 amide bonds. The molecule has 1 nitrogen and oxygen atoms in total. The summed E-state index contributed by atoms with van der Waals surface area (Å²) in [5.41, 5.74) is 6.35. The summed E-state index contributed by atoms with van der Waals surface area (Å²) in [5.74, 6) is 0.304. The molecule has 0 atom stereocenters. The molecular formula is C13H16BrClFN. The molecular weight excluding hydrogens is 305 g/mol. The number of halogens is 3. The normalized spacial score (nSPS) is 29.4. The quantitative estimate of drug-likeness (QED) is 0.752. The molecule has 1 aromatic carbocycles. The maximum atomic E-state index is 14.1. The second-order valence-corrected chi connectivity index (χ2v) is 6.29. The minimum absolute atomic E-state index is 0.131. The highest BCUT2D eigenvalue weighted by atomic mass is 79.9. The predicted octanol–water partition coefficient (Wildman–Crippen LogP) is 4.61. The third-order valence-electron chi connectivity index (χ3n) is 3.74. The predicted molar refractivity (Wildman–Crippen MR) is 72.6 cm³/mol. The van der Waals surface area contributed by atoms with Crippen molar-refractivity contribution in [1.82, 2.24) is 0 Å². The summed E-state index contributed by atoms with van der Waals surface area (Å²) in [6.07, 6.45) is 3.74. The molecule has 0 saturated heterocycles.